The number of unbranched alkanes of at least 4 members (excludes halogenated alkanes) is 2. The summed E-state index contributed by atoms with van der Waals surface area (Å²) < 4.78 is 0. The average Bonchev–Trinajstić information content (AvgIpc) is 2.84. The zero-order valence-corrected chi connectivity index (χ0v) is 19.0. The first-order valence-corrected chi connectivity index (χ1v) is 12.0. The van der Waals surface area contributed by atoms with Crippen LogP contribution in [0.15, 0.2) is 77.8 Å². The Balaban J connectivity index is 1.15. The fourth-order valence-corrected chi connectivity index (χ4v) is 4.93. The predicted octanol–water partition coefficient (Wildman–Crippen LogP) is 6.42. The molecular formula is C30H32N2. The fourth-order valence-electron chi connectivity index (χ4n) is 4.93. The maximum atomic E-state index is 5.04. The molecule has 1 atom stereocenters. The highest BCUT2D eigenvalue weighted by Gasteiger charge is 2.15. The van der Waals surface area contributed by atoms with Gasteiger partial charge in [-0.3, -0.25) is 4.99 Å². The smallest absolute Gasteiger partial charge is 0.0464 e. The van der Waals surface area contributed by atoms with Crippen LogP contribution in [0.2, 0.25) is 0 Å². The third kappa shape index (κ3) is 4.47. The van der Waals surface area contributed by atoms with Crippen LogP contribution in [0.1, 0.15) is 50.2 Å². The summed E-state index contributed by atoms with van der Waals surface area (Å²) in [6.07, 6.45) is 8.19. The molecule has 0 saturated carbocycles. The second-order valence-electron chi connectivity index (χ2n) is 9.08. The molecule has 4 aromatic rings. The van der Waals surface area contributed by atoms with Gasteiger partial charge in [-0.1, -0.05) is 91.7 Å². The number of aliphatic imine (C=N–C) groups is 1. The zero-order chi connectivity index (χ0) is 21.8. The van der Waals surface area contributed by atoms with E-state index in [-0.39, 0.29) is 0 Å². The van der Waals surface area contributed by atoms with Crippen molar-refractivity contribution in [3.63, 3.8) is 0 Å². The Bertz CT molecular complexity index is 1270. The first-order chi connectivity index (χ1) is 15.8. The van der Waals surface area contributed by atoms with Gasteiger partial charge in [-0.25, -0.2) is 0 Å². The first kappa shape index (κ1) is 20.9. The van der Waals surface area contributed by atoms with Crippen molar-refractivity contribution >= 4 is 33.3 Å². The first-order valence-electron chi connectivity index (χ1n) is 12.0. The van der Waals surface area contributed by atoms with E-state index in [4.69, 9.17) is 4.99 Å². The number of hydrogen-bond acceptors (Lipinski definition) is 2. The molecule has 1 unspecified atom stereocenters. The third-order valence-corrected chi connectivity index (χ3v) is 6.73. The minimum Gasteiger partial charge on any atom is -0.310 e. The second kappa shape index (κ2) is 9.67. The molecular weight excluding hydrogens is 388 g/mol. The molecule has 1 aliphatic rings. The molecule has 1 N–H and O–H groups in total. The van der Waals surface area contributed by atoms with Crippen molar-refractivity contribution < 1.29 is 0 Å². The average molecular weight is 421 g/mol. The van der Waals surface area contributed by atoms with Crippen LogP contribution in [0.5, 0.6) is 0 Å². The summed E-state index contributed by atoms with van der Waals surface area (Å²) in [4.78, 5) is 5.04. The van der Waals surface area contributed by atoms with Crippen molar-refractivity contribution in [2.24, 2.45) is 4.99 Å². The fraction of sp³-hybridized carbons (Fsp3) is 0.300. The maximum absolute atomic E-state index is 5.04. The minimum absolute atomic E-state index is 0.552. The molecule has 0 fully saturated rings. The van der Waals surface area contributed by atoms with Gasteiger partial charge >= 0.3 is 0 Å². The molecule has 2 nitrogen and oxygen atoms in total. The van der Waals surface area contributed by atoms with Gasteiger partial charge in [-0.15, -0.1) is 0 Å². The van der Waals surface area contributed by atoms with Gasteiger partial charge in [0.2, 0.25) is 0 Å². The molecule has 4 aromatic carbocycles. The van der Waals surface area contributed by atoms with Crippen LogP contribution in [0.3, 0.4) is 0 Å². The molecule has 2 heteroatoms. The lowest BCUT2D eigenvalue weighted by atomic mass is 9.89. The lowest BCUT2D eigenvalue weighted by Crippen LogP contribution is -2.25. The van der Waals surface area contributed by atoms with Crippen molar-refractivity contribution in [2.75, 3.05) is 6.54 Å². The van der Waals surface area contributed by atoms with Crippen LogP contribution in [-0.2, 0) is 6.54 Å². The number of rotatable bonds is 9. The van der Waals surface area contributed by atoms with Crippen LogP contribution in [0, 0.1) is 0 Å². The van der Waals surface area contributed by atoms with Crippen molar-refractivity contribution in [1.82, 2.24) is 5.32 Å². The summed E-state index contributed by atoms with van der Waals surface area (Å²) in [5.74, 6) is 0. The summed E-state index contributed by atoms with van der Waals surface area (Å²) in [5, 5.41) is 10.4. The quantitative estimate of drug-likeness (QED) is 0.310. The van der Waals surface area contributed by atoms with Gasteiger partial charge in [0, 0.05) is 36.8 Å². The Labute approximate surface area is 191 Å². The molecule has 0 saturated heterocycles. The van der Waals surface area contributed by atoms with Crippen molar-refractivity contribution in [2.45, 2.75) is 51.6 Å². The molecule has 32 heavy (non-hydrogen) atoms. The number of hydrogen-bond donors (Lipinski definition) is 1. The van der Waals surface area contributed by atoms with E-state index in [1.165, 1.54) is 69.3 Å². The van der Waals surface area contributed by atoms with Crippen molar-refractivity contribution in [1.29, 1.82) is 0 Å². The van der Waals surface area contributed by atoms with Crippen LogP contribution in [-0.4, -0.2) is 18.3 Å². The molecule has 0 bridgehead atoms. The molecule has 0 aliphatic heterocycles. The number of nitrogens with one attached hydrogen (secondary N) is 1. The molecule has 0 heterocycles. The van der Waals surface area contributed by atoms with E-state index < -0.39 is 0 Å². The van der Waals surface area contributed by atoms with Crippen molar-refractivity contribution in [3.05, 3.63) is 89.1 Å². The Morgan fingerprint density at radius 2 is 1.62 bits per heavy atom. The van der Waals surface area contributed by atoms with E-state index in [9.17, 15) is 0 Å². The molecule has 0 amide bonds. The van der Waals surface area contributed by atoms with Crippen LogP contribution in [0.4, 0.5) is 0 Å². The normalized spacial score (nSPS) is 15.3. The maximum Gasteiger partial charge on any atom is 0.0464 e. The van der Waals surface area contributed by atoms with Gasteiger partial charge < -0.3 is 5.32 Å². The molecule has 162 valence electrons. The molecule has 0 radical (unpaired) electrons. The van der Waals surface area contributed by atoms with Crippen LogP contribution in [0.25, 0.3) is 27.6 Å². The summed E-state index contributed by atoms with van der Waals surface area (Å²) in [5.41, 5.74) is 3.95. The van der Waals surface area contributed by atoms with E-state index >= 15 is 0 Å². The highest BCUT2D eigenvalue weighted by Crippen LogP contribution is 2.29. The Morgan fingerprint density at radius 3 is 2.47 bits per heavy atom. The predicted molar refractivity (Wildman–Crippen MR) is 138 cm³/mol. The molecule has 1 aliphatic carbocycles. The Hall–Kier alpha value is -2.97. The summed E-state index contributed by atoms with van der Waals surface area (Å²) in [6.45, 7) is 4.18. The molecule has 0 spiro atoms. The van der Waals surface area contributed by atoms with Gasteiger partial charge in [-0.2, -0.15) is 0 Å². The Kier molecular flexibility index (Phi) is 6.31. The standard InChI is InChI=1S/C30H32N2/c1-22(32-21-23-10-5-2-6-11-23)9-4-3-7-20-31-28-19-17-26-15-14-24-12-8-13-25-16-18-27(28)30(26)29(24)25/h2,5-6,8,10-18,22,32H,3-4,7,9,19-21H2,1H3. The van der Waals surface area contributed by atoms with E-state index in [2.05, 4.69) is 91.1 Å². The van der Waals surface area contributed by atoms with Crippen LogP contribution >= 0.6 is 0 Å². The summed E-state index contributed by atoms with van der Waals surface area (Å²) in [7, 11) is 0. The lowest BCUT2D eigenvalue weighted by molar-refractivity contribution is 0.485. The highest BCUT2D eigenvalue weighted by atomic mass is 14.9. The van der Waals surface area contributed by atoms with Gasteiger partial charge in [0.25, 0.3) is 0 Å². The Morgan fingerprint density at radius 1 is 0.812 bits per heavy atom. The number of nitrogens with zero attached hydrogens (tertiary/aromatic N) is 1. The number of benzene rings is 4. The largest absolute Gasteiger partial charge is 0.310 e. The van der Waals surface area contributed by atoms with Gasteiger partial charge in [0.15, 0.2) is 0 Å². The van der Waals surface area contributed by atoms with E-state index in [0.717, 1.165) is 19.5 Å². The van der Waals surface area contributed by atoms with E-state index in [1.54, 1.807) is 0 Å². The van der Waals surface area contributed by atoms with Gasteiger partial charge in [-0.05, 0) is 52.1 Å². The molecule has 5 rings (SSSR count). The monoisotopic (exact) mass is 420 g/mol. The second-order valence-corrected chi connectivity index (χ2v) is 9.08. The third-order valence-electron chi connectivity index (χ3n) is 6.73. The van der Waals surface area contributed by atoms with Gasteiger partial charge in [0.1, 0.15) is 0 Å². The van der Waals surface area contributed by atoms with E-state index in [1.807, 2.05) is 0 Å². The zero-order valence-electron chi connectivity index (χ0n) is 19.0. The topological polar surface area (TPSA) is 24.4 Å². The van der Waals surface area contributed by atoms with Crippen molar-refractivity contribution in [3.8, 4) is 0 Å². The molecule has 0 aromatic heterocycles. The summed E-state index contributed by atoms with van der Waals surface area (Å²) >= 11 is 0. The van der Waals surface area contributed by atoms with Gasteiger partial charge in [0.05, 0.1) is 0 Å². The highest BCUT2D eigenvalue weighted by molar-refractivity contribution is 6.21. The minimum atomic E-state index is 0.552. The summed E-state index contributed by atoms with van der Waals surface area (Å²) in [6, 6.07) is 26.9. The van der Waals surface area contributed by atoms with E-state index in [0.29, 0.717) is 6.04 Å². The lowest BCUT2D eigenvalue weighted by Gasteiger charge is -2.17. The van der Waals surface area contributed by atoms with Crippen LogP contribution < -0.4 is 10.5 Å². The SMILES string of the molecule is CC(CCCCCN=C1CC=c2ccc3cccc4ccc1c2c43)NCc1ccccc1.